The molecule has 0 aliphatic heterocycles. The molecule has 0 unspecified atom stereocenters. The number of carbonyl (C=O) groups is 2. The van der Waals surface area contributed by atoms with Crippen LogP contribution in [0.3, 0.4) is 0 Å². The predicted octanol–water partition coefficient (Wildman–Crippen LogP) is 3.69. The first-order valence-corrected chi connectivity index (χ1v) is 7.68. The zero-order valence-corrected chi connectivity index (χ0v) is 15.4. The van der Waals surface area contributed by atoms with Gasteiger partial charge in [0.25, 0.3) is 0 Å². The smallest absolute Gasteiger partial charge is 0.219 e. The highest BCUT2D eigenvalue weighted by atomic mass is 19.2. The summed E-state index contributed by atoms with van der Waals surface area (Å²) < 4.78 is 44.7. The minimum Gasteiger partial charge on any atom is -0.356 e. The molecule has 25 heavy (non-hydrogen) atoms. The Kier molecular flexibility index (Phi) is 22.1. The Bertz CT molecular complexity index is 472. The third-order valence-corrected chi connectivity index (χ3v) is 2.52. The average molecular weight is 368 g/mol. The lowest BCUT2D eigenvalue weighted by Crippen LogP contribution is -2.22. The number of benzene rings is 1. The monoisotopic (exact) mass is 368 g/mol. The molecule has 0 fully saturated rings. The Morgan fingerprint density at radius 3 is 1.76 bits per heavy atom. The fourth-order valence-corrected chi connectivity index (χ4v) is 1.33. The fraction of sp³-hybridized carbons (Fsp3) is 0.529. The molecule has 1 aromatic rings. The zero-order chi connectivity index (χ0) is 20.3. The van der Waals surface area contributed by atoms with E-state index in [1.165, 1.54) is 12.1 Å². The van der Waals surface area contributed by atoms with Crippen LogP contribution in [0.25, 0.3) is 0 Å². The summed E-state index contributed by atoms with van der Waals surface area (Å²) in [6.45, 7) is 6.21. The van der Waals surface area contributed by atoms with Crippen LogP contribution in [0, 0.1) is 11.6 Å². The number of rotatable bonds is 5. The summed E-state index contributed by atoms with van der Waals surface area (Å²) >= 11 is 0. The Hall–Kier alpha value is -2.12. The number of halogens is 4. The van der Waals surface area contributed by atoms with Crippen molar-refractivity contribution in [3.05, 3.63) is 35.4 Å². The molecule has 8 heteroatoms. The summed E-state index contributed by atoms with van der Waals surface area (Å²) in [6, 6.07) is 3.89. The minimum atomic E-state index is -0.899. The molecule has 2 amide bonds. The maximum Gasteiger partial charge on any atom is 0.219 e. The molecule has 0 spiro atoms. The molecule has 0 aliphatic carbocycles. The van der Waals surface area contributed by atoms with E-state index in [4.69, 9.17) is 0 Å². The predicted molar refractivity (Wildman–Crippen MR) is 91.5 cm³/mol. The van der Waals surface area contributed by atoms with Gasteiger partial charge in [-0.05, 0) is 13.0 Å². The van der Waals surface area contributed by atoms with Crippen LogP contribution in [-0.4, -0.2) is 32.7 Å². The van der Waals surface area contributed by atoms with Crippen molar-refractivity contribution >= 4 is 11.8 Å². The van der Waals surface area contributed by atoms with Gasteiger partial charge in [0.2, 0.25) is 11.8 Å². The van der Waals surface area contributed by atoms with E-state index in [-0.39, 0.29) is 23.9 Å². The maximum absolute atomic E-state index is 13.0. The second-order valence-corrected chi connectivity index (χ2v) is 4.15. The number of hydrogen-bond donors (Lipinski definition) is 2. The first-order valence-electron chi connectivity index (χ1n) is 7.68. The third-order valence-electron chi connectivity index (χ3n) is 2.52. The quantitative estimate of drug-likeness (QED) is 0.779. The highest BCUT2D eigenvalue weighted by Crippen LogP contribution is 2.10. The summed E-state index contributed by atoms with van der Waals surface area (Å²) in [5.74, 6) is -1.85. The molecule has 0 saturated carbocycles. The molecular formula is C17H28F4N2O2. The number of carbonyl (C=O) groups excluding carboxylic acids is 2. The van der Waals surface area contributed by atoms with Crippen molar-refractivity contribution in [2.24, 2.45) is 0 Å². The van der Waals surface area contributed by atoms with Gasteiger partial charge in [-0.2, -0.15) is 0 Å². The highest BCUT2D eigenvalue weighted by Gasteiger charge is 2.07. The van der Waals surface area contributed by atoms with Crippen LogP contribution >= 0.6 is 0 Å². The van der Waals surface area contributed by atoms with Gasteiger partial charge < -0.3 is 10.6 Å². The van der Waals surface area contributed by atoms with E-state index in [9.17, 15) is 27.2 Å². The maximum atomic E-state index is 13.0. The van der Waals surface area contributed by atoms with Crippen LogP contribution in [0.5, 0.6) is 0 Å². The second-order valence-electron chi connectivity index (χ2n) is 4.15. The van der Waals surface area contributed by atoms with Gasteiger partial charge in [-0.3, -0.25) is 18.4 Å². The molecule has 0 atom stereocenters. The van der Waals surface area contributed by atoms with E-state index in [1.54, 1.807) is 6.92 Å². The van der Waals surface area contributed by atoms with Gasteiger partial charge in [-0.1, -0.05) is 26.0 Å². The number of alkyl halides is 2. The van der Waals surface area contributed by atoms with Crippen LogP contribution in [0.2, 0.25) is 0 Å². The van der Waals surface area contributed by atoms with E-state index in [2.05, 4.69) is 10.6 Å². The lowest BCUT2D eigenvalue weighted by molar-refractivity contribution is -0.121. The van der Waals surface area contributed by atoms with E-state index >= 15 is 0 Å². The molecule has 1 aromatic carbocycles. The fourth-order valence-electron chi connectivity index (χ4n) is 1.33. The van der Waals surface area contributed by atoms with Crippen molar-refractivity contribution in [1.82, 2.24) is 10.6 Å². The molecule has 0 saturated heterocycles. The second kappa shape index (κ2) is 19.9. The molecule has 2 N–H and O–H groups in total. The normalized spacial score (nSPS) is 8.36. The molecule has 0 bridgehead atoms. The van der Waals surface area contributed by atoms with Gasteiger partial charge in [-0.25, -0.2) is 8.78 Å². The van der Waals surface area contributed by atoms with Crippen LogP contribution < -0.4 is 10.6 Å². The molecular weight excluding hydrogens is 340 g/mol. The van der Waals surface area contributed by atoms with Gasteiger partial charge in [0, 0.05) is 31.5 Å². The lowest BCUT2D eigenvalue weighted by Gasteiger charge is -2.04. The van der Waals surface area contributed by atoms with Crippen molar-refractivity contribution in [3.8, 4) is 0 Å². The molecule has 4 nitrogen and oxygen atoms in total. The minimum absolute atomic E-state index is 0.0241. The lowest BCUT2D eigenvalue weighted by atomic mass is 10.2. The standard InChI is InChI=1S/C10H11F2NO.C5H11NO.2CH3F/c1-2-9(14)13-6-7-4-3-5-8(11)10(7)12;1-3-5(7)6-4-2;2*1-2/h3-5H,2,6H2,1H3,(H,13,14);3-4H2,1-2H3,(H,6,7);2*1H3. The summed E-state index contributed by atoms with van der Waals surface area (Å²) in [5.41, 5.74) is 0.159. The van der Waals surface area contributed by atoms with Gasteiger partial charge in [0.05, 0.1) is 14.4 Å². The molecule has 0 aliphatic rings. The van der Waals surface area contributed by atoms with Crippen molar-refractivity contribution in [1.29, 1.82) is 0 Å². The van der Waals surface area contributed by atoms with Gasteiger partial charge >= 0.3 is 0 Å². The molecule has 0 radical (unpaired) electrons. The third kappa shape index (κ3) is 15.2. The Labute approximate surface area is 147 Å². The van der Waals surface area contributed by atoms with Crippen molar-refractivity contribution < 1.29 is 27.2 Å². The number of nitrogens with one attached hydrogen (secondary N) is 2. The highest BCUT2D eigenvalue weighted by molar-refractivity contribution is 5.75. The Balaban J connectivity index is -0.000000372. The Morgan fingerprint density at radius 1 is 0.880 bits per heavy atom. The van der Waals surface area contributed by atoms with Crippen LogP contribution in [-0.2, 0) is 16.1 Å². The molecule has 1 rings (SSSR count). The molecule has 0 aromatic heterocycles. The first kappa shape index (κ1) is 27.7. The SMILES string of the molecule is CCC(=O)NCc1cccc(F)c1F.CCNC(=O)CC.CF.CF. The first-order chi connectivity index (χ1) is 12.0. The van der Waals surface area contributed by atoms with Crippen molar-refractivity contribution in [2.45, 2.75) is 40.2 Å². The van der Waals surface area contributed by atoms with Gasteiger partial charge in [0.1, 0.15) is 0 Å². The molecule has 146 valence electrons. The van der Waals surface area contributed by atoms with Crippen molar-refractivity contribution in [2.75, 3.05) is 20.9 Å². The average Bonchev–Trinajstić information content (AvgIpc) is 2.66. The summed E-state index contributed by atoms with van der Waals surface area (Å²) in [4.78, 5) is 21.2. The van der Waals surface area contributed by atoms with E-state index < -0.39 is 11.6 Å². The summed E-state index contributed by atoms with van der Waals surface area (Å²) in [7, 11) is 1.00. The van der Waals surface area contributed by atoms with Crippen LogP contribution in [0.15, 0.2) is 18.2 Å². The van der Waals surface area contributed by atoms with E-state index in [0.29, 0.717) is 27.2 Å². The summed E-state index contributed by atoms with van der Waals surface area (Å²) in [5, 5.41) is 5.13. The van der Waals surface area contributed by atoms with Gasteiger partial charge in [-0.15, -0.1) is 0 Å². The largest absolute Gasteiger partial charge is 0.356 e. The Morgan fingerprint density at radius 2 is 1.36 bits per heavy atom. The van der Waals surface area contributed by atoms with Crippen LogP contribution in [0.1, 0.15) is 39.2 Å². The number of hydrogen-bond acceptors (Lipinski definition) is 2. The van der Waals surface area contributed by atoms with E-state index in [1.807, 2.05) is 13.8 Å². The van der Waals surface area contributed by atoms with Gasteiger partial charge in [0.15, 0.2) is 11.6 Å². The van der Waals surface area contributed by atoms with Crippen LogP contribution in [0.4, 0.5) is 17.6 Å². The zero-order valence-electron chi connectivity index (χ0n) is 15.4. The van der Waals surface area contributed by atoms with Crippen molar-refractivity contribution in [3.63, 3.8) is 0 Å². The topological polar surface area (TPSA) is 58.2 Å². The molecule has 0 heterocycles. The van der Waals surface area contributed by atoms with E-state index in [0.717, 1.165) is 12.6 Å². The summed E-state index contributed by atoms with van der Waals surface area (Å²) in [6.07, 6.45) is 0.921. The number of amides is 2.